The van der Waals surface area contributed by atoms with E-state index in [4.69, 9.17) is 16.3 Å². The molecule has 1 aromatic heterocycles. The second-order valence-corrected chi connectivity index (χ2v) is 7.25. The Morgan fingerprint density at radius 3 is 2.30 bits per heavy atom. The Hall–Kier alpha value is -3.57. The van der Waals surface area contributed by atoms with Crippen molar-refractivity contribution >= 4 is 61.3 Å². The third-order valence-electron chi connectivity index (χ3n) is 3.99. The van der Waals surface area contributed by atoms with Gasteiger partial charge in [0.05, 0.1) is 22.0 Å². The van der Waals surface area contributed by atoms with Gasteiger partial charge in [0.25, 0.3) is 17.3 Å². The SMILES string of the molecule is CCOC(=O)c1c(NC(=O)c2cc([N+](=O)[O-])c(Cl)c([N+](=O)[O-])c2)sc2ccccc12. The number of nitrogens with zero attached hydrogens (tertiary/aromatic N) is 2. The molecule has 0 fully saturated rings. The molecule has 30 heavy (non-hydrogen) atoms. The van der Waals surface area contributed by atoms with Crippen LogP contribution in [-0.2, 0) is 4.74 Å². The fourth-order valence-corrected chi connectivity index (χ4v) is 4.04. The monoisotopic (exact) mass is 449 g/mol. The summed E-state index contributed by atoms with van der Waals surface area (Å²) in [6, 6.07) is 8.58. The van der Waals surface area contributed by atoms with Crippen LogP contribution in [0, 0.1) is 20.2 Å². The number of halogens is 1. The molecule has 3 aromatic rings. The lowest BCUT2D eigenvalue weighted by Crippen LogP contribution is -2.15. The van der Waals surface area contributed by atoms with Gasteiger partial charge in [0.1, 0.15) is 10.6 Å². The molecule has 1 amide bonds. The molecule has 1 N–H and O–H groups in total. The van der Waals surface area contributed by atoms with E-state index in [1.165, 1.54) is 0 Å². The highest BCUT2D eigenvalue weighted by Crippen LogP contribution is 2.38. The number of anilines is 1. The molecular formula is C18H12ClN3O7S. The molecule has 1 heterocycles. The van der Waals surface area contributed by atoms with Crippen LogP contribution in [0.1, 0.15) is 27.6 Å². The molecule has 2 aromatic carbocycles. The highest BCUT2D eigenvalue weighted by Gasteiger charge is 2.28. The number of thiophene rings is 1. The van der Waals surface area contributed by atoms with E-state index in [1.54, 1.807) is 31.2 Å². The van der Waals surface area contributed by atoms with Crippen molar-refractivity contribution in [1.82, 2.24) is 0 Å². The first-order valence-corrected chi connectivity index (χ1v) is 9.56. The Labute approximate surface area is 177 Å². The maximum Gasteiger partial charge on any atom is 0.341 e. The Morgan fingerprint density at radius 1 is 1.13 bits per heavy atom. The molecule has 12 heteroatoms. The molecular weight excluding hydrogens is 438 g/mol. The number of nitro benzene ring substituents is 2. The summed E-state index contributed by atoms with van der Waals surface area (Å²) in [6.45, 7) is 1.75. The second kappa shape index (κ2) is 8.43. The van der Waals surface area contributed by atoms with E-state index in [2.05, 4.69) is 5.32 Å². The molecule has 0 aliphatic rings. The van der Waals surface area contributed by atoms with Crippen molar-refractivity contribution in [1.29, 1.82) is 0 Å². The van der Waals surface area contributed by atoms with Crippen LogP contribution in [0.25, 0.3) is 10.1 Å². The molecule has 0 aliphatic carbocycles. The largest absolute Gasteiger partial charge is 0.462 e. The van der Waals surface area contributed by atoms with Crippen molar-refractivity contribution in [2.45, 2.75) is 6.92 Å². The number of esters is 1. The van der Waals surface area contributed by atoms with Gasteiger partial charge in [-0.1, -0.05) is 29.8 Å². The van der Waals surface area contributed by atoms with Crippen molar-refractivity contribution < 1.29 is 24.2 Å². The van der Waals surface area contributed by atoms with Crippen LogP contribution in [-0.4, -0.2) is 28.3 Å². The fourth-order valence-electron chi connectivity index (χ4n) is 2.71. The third kappa shape index (κ3) is 3.93. The van der Waals surface area contributed by atoms with Gasteiger partial charge in [-0.05, 0) is 13.0 Å². The number of amides is 1. The zero-order valence-electron chi connectivity index (χ0n) is 15.2. The van der Waals surface area contributed by atoms with Gasteiger partial charge >= 0.3 is 5.97 Å². The summed E-state index contributed by atoms with van der Waals surface area (Å²) in [4.78, 5) is 45.7. The first-order chi connectivity index (χ1) is 14.2. The Balaban J connectivity index is 2.08. The molecule has 0 saturated heterocycles. The van der Waals surface area contributed by atoms with Crippen molar-refractivity contribution in [2.75, 3.05) is 11.9 Å². The zero-order chi connectivity index (χ0) is 22.0. The lowest BCUT2D eigenvalue weighted by atomic mass is 10.1. The molecule has 0 radical (unpaired) electrons. The number of fused-ring (bicyclic) bond motifs is 1. The Morgan fingerprint density at radius 2 is 1.73 bits per heavy atom. The molecule has 154 valence electrons. The number of nitrogens with one attached hydrogen (secondary N) is 1. The average molecular weight is 450 g/mol. The van der Waals surface area contributed by atoms with Gasteiger partial charge in [-0.2, -0.15) is 0 Å². The number of hydrogen-bond donors (Lipinski definition) is 1. The lowest BCUT2D eigenvalue weighted by molar-refractivity contribution is -0.393. The molecule has 0 spiro atoms. The Bertz CT molecular complexity index is 1170. The van der Waals surface area contributed by atoms with Crippen molar-refractivity contribution in [2.24, 2.45) is 0 Å². The molecule has 0 saturated carbocycles. The van der Waals surface area contributed by atoms with Crippen LogP contribution in [0.3, 0.4) is 0 Å². The minimum absolute atomic E-state index is 0.117. The number of benzene rings is 2. The second-order valence-electron chi connectivity index (χ2n) is 5.82. The molecule has 10 nitrogen and oxygen atoms in total. The maximum absolute atomic E-state index is 12.7. The van der Waals surface area contributed by atoms with Crippen LogP contribution in [0.4, 0.5) is 16.4 Å². The van der Waals surface area contributed by atoms with E-state index < -0.39 is 38.1 Å². The predicted octanol–water partition coefficient (Wildman–Crippen LogP) is 4.80. The molecule has 0 aliphatic heterocycles. The average Bonchev–Trinajstić information content (AvgIpc) is 3.05. The predicted molar refractivity (Wildman–Crippen MR) is 110 cm³/mol. The normalized spacial score (nSPS) is 10.6. The van der Waals surface area contributed by atoms with Gasteiger partial charge in [-0.15, -0.1) is 11.3 Å². The molecule has 0 unspecified atom stereocenters. The number of carbonyl (C=O) groups excluding carboxylic acids is 2. The topological polar surface area (TPSA) is 142 Å². The fraction of sp³-hybridized carbons (Fsp3) is 0.111. The number of carbonyl (C=O) groups is 2. The number of nitro groups is 2. The van der Waals surface area contributed by atoms with E-state index in [9.17, 15) is 29.8 Å². The minimum Gasteiger partial charge on any atom is -0.462 e. The highest BCUT2D eigenvalue weighted by atomic mass is 35.5. The van der Waals surface area contributed by atoms with E-state index in [-0.39, 0.29) is 22.7 Å². The number of ether oxygens (including phenoxy) is 1. The van der Waals surface area contributed by atoms with E-state index in [0.717, 1.165) is 23.5 Å². The smallest absolute Gasteiger partial charge is 0.341 e. The standard InChI is InChI=1S/C18H12ClN3O7S/c1-2-29-18(24)14-10-5-3-4-6-13(10)30-17(14)20-16(23)9-7-11(21(25)26)15(19)12(8-9)22(27)28/h3-8H,2H2,1H3,(H,20,23). The third-order valence-corrected chi connectivity index (χ3v) is 5.47. The van der Waals surface area contributed by atoms with E-state index in [0.29, 0.717) is 10.1 Å². The van der Waals surface area contributed by atoms with Crippen LogP contribution in [0.15, 0.2) is 36.4 Å². The lowest BCUT2D eigenvalue weighted by Gasteiger charge is -2.07. The van der Waals surface area contributed by atoms with Crippen LogP contribution in [0.2, 0.25) is 5.02 Å². The van der Waals surface area contributed by atoms with Gasteiger partial charge in [0, 0.05) is 22.2 Å². The first-order valence-electron chi connectivity index (χ1n) is 8.36. The van der Waals surface area contributed by atoms with Crippen molar-refractivity contribution in [3.63, 3.8) is 0 Å². The maximum atomic E-state index is 12.7. The highest BCUT2D eigenvalue weighted by molar-refractivity contribution is 7.23. The van der Waals surface area contributed by atoms with Crippen LogP contribution in [0.5, 0.6) is 0 Å². The summed E-state index contributed by atoms with van der Waals surface area (Å²) >= 11 is 6.82. The van der Waals surface area contributed by atoms with Gasteiger partial charge in [0.2, 0.25) is 0 Å². The van der Waals surface area contributed by atoms with E-state index >= 15 is 0 Å². The van der Waals surface area contributed by atoms with Crippen LogP contribution < -0.4 is 5.32 Å². The van der Waals surface area contributed by atoms with Gasteiger partial charge in [-0.25, -0.2) is 4.79 Å². The zero-order valence-corrected chi connectivity index (χ0v) is 16.8. The van der Waals surface area contributed by atoms with Gasteiger partial charge < -0.3 is 10.1 Å². The Kier molecular flexibility index (Phi) is 5.94. The summed E-state index contributed by atoms with van der Waals surface area (Å²) in [5.41, 5.74) is -1.79. The van der Waals surface area contributed by atoms with Gasteiger partial charge in [-0.3, -0.25) is 25.0 Å². The summed E-state index contributed by atoms with van der Waals surface area (Å²) < 4.78 is 5.76. The quantitative estimate of drug-likeness (QED) is 0.323. The van der Waals surface area contributed by atoms with Gasteiger partial charge in [0.15, 0.2) is 5.02 Å². The summed E-state index contributed by atoms with van der Waals surface area (Å²) in [7, 11) is 0. The summed E-state index contributed by atoms with van der Waals surface area (Å²) in [5, 5.41) is 24.9. The summed E-state index contributed by atoms with van der Waals surface area (Å²) in [6.07, 6.45) is 0. The molecule has 0 bridgehead atoms. The summed E-state index contributed by atoms with van der Waals surface area (Å²) in [5.74, 6) is -1.53. The molecule has 0 atom stereocenters. The van der Waals surface area contributed by atoms with Crippen molar-refractivity contribution in [3.8, 4) is 0 Å². The number of rotatable bonds is 6. The number of hydrogen-bond acceptors (Lipinski definition) is 8. The molecule has 3 rings (SSSR count). The van der Waals surface area contributed by atoms with Crippen LogP contribution >= 0.6 is 22.9 Å². The van der Waals surface area contributed by atoms with Crippen molar-refractivity contribution in [3.05, 3.63) is 72.8 Å². The van der Waals surface area contributed by atoms with E-state index in [1.807, 2.05) is 0 Å². The minimum atomic E-state index is -0.921. The first kappa shape index (κ1) is 21.1.